The molecule has 1 aromatic carbocycles. The Morgan fingerprint density at radius 2 is 1.16 bits per heavy atom. The molecule has 176 valence electrons. The predicted molar refractivity (Wildman–Crippen MR) is 113 cm³/mol. The van der Waals surface area contributed by atoms with Crippen molar-refractivity contribution < 1.29 is 42.7 Å². The summed E-state index contributed by atoms with van der Waals surface area (Å²) in [5, 5.41) is 0. The first-order valence-corrected chi connectivity index (χ1v) is 10.5. The van der Waals surface area contributed by atoms with E-state index in [1.807, 2.05) is 0 Å². The lowest BCUT2D eigenvalue weighted by Gasteiger charge is -2.09. The lowest BCUT2D eigenvalue weighted by Crippen LogP contribution is -2.14. The van der Waals surface area contributed by atoms with Crippen LogP contribution in [0.3, 0.4) is 0 Å². The molecular weight excluding hydrogens is 408 g/mol. The molecule has 1 rings (SSSR count). The Kier molecular flexibility index (Phi) is 17.3. The third kappa shape index (κ3) is 16.3. The van der Waals surface area contributed by atoms with Gasteiger partial charge in [0.2, 0.25) is 0 Å². The molecule has 0 fully saturated rings. The summed E-state index contributed by atoms with van der Waals surface area (Å²) in [4.78, 5) is 21.7. The Labute approximate surface area is 183 Å². The molecule has 0 bridgehead atoms. The average Bonchev–Trinajstić information content (AvgIpc) is 2.79. The van der Waals surface area contributed by atoms with Gasteiger partial charge >= 0.3 is 5.97 Å². The Balaban J connectivity index is 1.74. The second-order valence-electron chi connectivity index (χ2n) is 6.15. The number of carbonyl (C=O) groups excluding carboxylic acids is 2. The zero-order valence-electron chi connectivity index (χ0n) is 18.3. The lowest BCUT2D eigenvalue weighted by atomic mass is 10.2. The fraction of sp³-hybridized carbons (Fsp3) is 0.636. The van der Waals surface area contributed by atoms with Gasteiger partial charge in [-0.1, -0.05) is 0 Å². The third-order valence-corrected chi connectivity index (χ3v) is 3.76. The van der Waals surface area contributed by atoms with Gasteiger partial charge in [-0.05, 0) is 31.2 Å². The van der Waals surface area contributed by atoms with E-state index >= 15 is 0 Å². The lowest BCUT2D eigenvalue weighted by molar-refractivity contribution is -0.144. The summed E-state index contributed by atoms with van der Waals surface area (Å²) in [6, 6.07) is 6.91. The van der Waals surface area contributed by atoms with Gasteiger partial charge in [-0.15, -0.1) is 0 Å². The maximum atomic E-state index is 11.1. The van der Waals surface area contributed by atoms with Crippen LogP contribution in [-0.4, -0.2) is 91.5 Å². The van der Waals surface area contributed by atoms with Crippen LogP contribution in [0, 0.1) is 0 Å². The highest BCUT2D eigenvalue weighted by Gasteiger charge is 2.00. The second kappa shape index (κ2) is 19.9. The van der Waals surface area contributed by atoms with Crippen molar-refractivity contribution in [1.82, 2.24) is 0 Å². The Bertz CT molecular complexity index is 563. The van der Waals surface area contributed by atoms with Crippen LogP contribution in [0.25, 0.3) is 0 Å². The fourth-order valence-corrected chi connectivity index (χ4v) is 2.23. The molecule has 0 spiro atoms. The first-order chi connectivity index (χ1) is 15.3. The smallest absolute Gasteiger partial charge is 0.308 e. The van der Waals surface area contributed by atoms with Gasteiger partial charge in [-0.25, -0.2) is 0 Å². The van der Waals surface area contributed by atoms with Crippen LogP contribution in [0.1, 0.15) is 23.7 Å². The molecule has 0 radical (unpaired) electrons. The number of aldehydes is 1. The van der Waals surface area contributed by atoms with Gasteiger partial charge in [0.05, 0.1) is 79.1 Å². The van der Waals surface area contributed by atoms with E-state index in [1.165, 1.54) is 0 Å². The summed E-state index contributed by atoms with van der Waals surface area (Å²) >= 11 is 0. The summed E-state index contributed by atoms with van der Waals surface area (Å²) in [5.74, 6) is 0.451. The quantitative estimate of drug-likeness (QED) is 0.161. The maximum Gasteiger partial charge on any atom is 0.308 e. The molecule has 0 unspecified atom stereocenters. The molecule has 9 nitrogen and oxygen atoms in total. The molecule has 9 heteroatoms. The Morgan fingerprint density at radius 3 is 1.61 bits per heavy atom. The van der Waals surface area contributed by atoms with Crippen LogP contribution in [-0.2, 0) is 33.2 Å². The summed E-state index contributed by atoms with van der Waals surface area (Å²) < 4.78 is 37.2. The zero-order chi connectivity index (χ0) is 22.4. The van der Waals surface area contributed by atoms with E-state index in [4.69, 9.17) is 33.2 Å². The highest BCUT2D eigenvalue weighted by atomic mass is 16.6. The number of hydrogen-bond acceptors (Lipinski definition) is 9. The minimum Gasteiger partial charge on any atom is -0.491 e. The van der Waals surface area contributed by atoms with Crippen molar-refractivity contribution in [1.29, 1.82) is 0 Å². The first-order valence-electron chi connectivity index (χ1n) is 10.5. The largest absolute Gasteiger partial charge is 0.491 e. The van der Waals surface area contributed by atoms with Gasteiger partial charge in [0.15, 0.2) is 0 Å². The predicted octanol–water partition coefficient (Wildman–Crippen LogP) is 1.91. The second-order valence-corrected chi connectivity index (χ2v) is 6.15. The monoisotopic (exact) mass is 442 g/mol. The molecule has 0 aromatic heterocycles. The van der Waals surface area contributed by atoms with Crippen LogP contribution in [0.4, 0.5) is 0 Å². The van der Waals surface area contributed by atoms with Crippen molar-refractivity contribution in [3.05, 3.63) is 29.8 Å². The number of rotatable bonds is 21. The van der Waals surface area contributed by atoms with Crippen LogP contribution in [0.2, 0.25) is 0 Å². The van der Waals surface area contributed by atoms with Crippen molar-refractivity contribution in [2.75, 3.05) is 79.3 Å². The highest BCUT2D eigenvalue weighted by molar-refractivity contribution is 5.74. The molecule has 0 aliphatic carbocycles. The number of hydrogen-bond donors (Lipinski definition) is 0. The molecular formula is C22H34O9. The van der Waals surface area contributed by atoms with E-state index in [0.29, 0.717) is 90.6 Å². The van der Waals surface area contributed by atoms with Gasteiger partial charge in [0, 0.05) is 5.56 Å². The van der Waals surface area contributed by atoms with E-state index in [2.05, 4.69) is 0 Å². The molecule has 0 atom stereocenters. The fourth-order valence-electron chi connectivity index (χ4n) is 2.23. The normalized spacial score (nSPS) is 10.7. The topological polar surface area (TPSA) is 98.8 Å². The van der Waals surface area contributed by atoms with E-state index in [0.717, 1.165) is 6.29 Å². The van der Waals surface area contributed by atoms with Crippen LogP contribution < -0.4 is 4.74 Å². The molecule has 31 heavy (non-hydrogen) atoms. The summed E-state index contributed by atoms with van der Waals surface area (Å²) in [6.07, 6.45) is 1.05. The van der Waals surface area contributed by atoms with Gasteiger partial charge in [-0.3, -0.25) is 9.59 Å². The maximum absolute atomic E-state index is 11.1. The third-order valence-electron chi connectivity index (χ3n) is 3.76. The molecule has 0 amide bonds. The van der Waals surface area contributed by atoms with Crippen molar-refractivity contribution in [3.8, 4) is 5.75 Å². The van der Waals surface area contributed by atoms with Crippen LogP contribution in [0.15, 0.2) is 24.3 Å². The van der Waals surface area contributed by atoms with Crippen molar-refractivity contribution in [2.45, 2.75) is 13.3 Å². The Morgan fingerprint density at radius 1 is 0.710 bits per heavy atom. The molecule has 1 aromatic rings. The molecule has 0 aliphatic heterocycles. The van der Waals surface area contributed by atoms with Gasteiger partial charge in [0.25, 0.3) is 0 Å². The van der Waals surface area contributed by atoms with Crippen molar-refractivity contribution in [2.24, 2.45) is 0 Å². The Hall–Kier alpha value is -2.04. The molecule has 0 aliphatic rings. The van der Waals surface area contributed by atoms with E-state index in [9.17, 15) is 9.59 Å². The summed E-state index contributed by atoms with van der Waals surface area (Å²) in [5.41, 5.74) is 0.617. The summed E-state index contributed by atoms with van der Waals surface area (Å²) in [7, 11) is 0. The molecule has 0 N–H and O–H groups in total. The number of carbonyl (C=O) groups is 2. The SMILES string of the molecule is CCOC(=O)CCOCCOCCOCCOCCOCCOc1ccc(C=O)cc1. The summed E-state index contributed by atoms with van der Waals surface area (Å²) in [6.45, 7) is 7.15. The van der Waals surface area contributed by atoms with Gasteiger partial charge in [-0.2, -0.15) is 0 Å². The van der Waals surface area contributed by atoms with E-state index in [1.54, 1.807) is 31.2 Å². The number of ether oxygens (including phenoxy) is 7. The van der Waals surface area contributed by atoms with Crippen LogP contribution in [0.5, 0.6) is 5.75 Å². The first kappa shape index (κ1) is 27.0. The van der Waals surface area contributed by atoms with Gasteiger partial charge in [0.1, 0.15) is 18.6 Å². The number of esters is 1. The molecule has 0 saturated heterocycles. The van der Waals surface area contributed by atoms with E-state index < -0.39 is 0 Å². The highest BCUT2D eigenvalue weighted by Crippen LogP contribution is 2.10. The minimum atomic E-state index is -0.251. The standard InChI is InChI=1S/C22H34O9/c1-2-30-22(24)7-8-25-9-10-26-11-12-27-13-14-28-15-16-29-17-18-31-21-5-3-20(19-23)4-6-21/h3-6,19H,2,7-18H2,1H3. The van der Waals surface area contributed by atoms with E-state index in [-0.39, 0.29) is 12.4 Å². The van der Waals surface area contributed by atoms with Crippen LogP contribution >= 0.6 is 0 Å². The average molecular weight is 443 g/mol. The zero-order valence-corrected chi connectivity index (χ0v) is 18.3. The van der Waals surface area contributed by atoms with Gasteiger partial charge < -0.3 is 33.2 Å². The minimum absolute atomic E-state index is 0.251. The van der Waals surface area contributed by atoms with Crippen molar-refractivity contribution in [3.63, 3.8) is 0 Å². The molecule has 0 saturated carbocycles. The molecule has 0 heterocycles. The number of benzene rings is 1. The van der Waals surface area contributed by atoms with Crippen molar-refractivity contribution >= 4 is 12.3 Å².